The van der Waals surface area contributed by atoms with E-state index in [4.69, 9.17) is 0 Å². The maximum absolute atomic E-state index is 11.6. The molecule has 0 aromatic rings. The lowest BCUT2D eigenvalue weighted by molar-refractivity contribution is -0.137. The fraction of sp³-hybridized carbons (Fsp3) is 0.818. The lowest BCUT2D eigenvalue weighted by atomic mass is 10.2. The zero-order valence-corrected chi connectivity index (χ0v) is 9.32. The number of carbonyl (C=O) groups excluding carboxylic acids is 2. The Morgan fingerprint density at radius 2 is 2.20 bits per heavy atom. The molecule has 0 bridgehead atoms. The maximum atomic E-state index is 11.6. The van der Waals surface area contributed by atoms with Gasteiger partial charge in [0.25, 0.3) is 0 Å². The number of nitrogens with one attached hydrogen (secondary N) is 1. The van der Waals surface area contributed by atoms with E-state index >= 15 is 0 Å². The minimum Gasteiger partial charge on any atom is -0.302 e. The van der Waals surface area contributed by atoms with Gasteiger partial charge in [0.05, 0.1) is 12.5 Å². The molecule has 4 nitrogen and oxygen atoms in total. The van der Waals surface area contributed by atoms with Crippen molar-refractivity contribution in [3.63, 3.8) is 0 Å². The molecule has 3 atom stereocenters. The summed E-state index contributed by atoms with van der Waals surface area (Å²) in [7, 11) is 1.56. The number of hydrogen-bond acceptors (Lipinski definition) is 3. The van der Waals surface area contributed by atoms with Gasteiger partial charge in [-0.2, -0.15) is 0 Å². The van der Waals surface area contributed by atoms with Crippen LogP contribution in [0.3, 0.4) is 0 Å². The van der Waals surface area contributed by atoms with Gasteiger partial charge in [-0.25, -0.2) is 0 Å². The van der Waals surface area contributed by atoms with Crippen molar-refractivity contribution in [3.05, 3.63) is 0 Å². The second-order valence-corrected chi connectivity index (χ2v) is 4.61. The topological polar surface area (TPSA) is 49.4 Å². The van der Waals surface area contributed by atoms with E-state index in [-0.39, 0.29) is 17.9 Å². The van der Waals surface area contributed by atoms with Crippen LogP contribution in [-0.4, -0.2) is 35.8 Å². The fourth-order valence-electron chi connectivity index (χ4n) is 2.29. The van der Waals surface area contributed by atoms with Gasteiger partial charge in [-0.05, 0) is 18.8 Å². The molecule has 15 heavy (non-hydrogen) atoms. The molecule has 1 saturated heterocycles. The minimum absolute atomic E-state index is 0.0646. The first-order valence-electron chi connectivity index (χ1n) is 5.70. The average molecular weight is 210 g/mol. The molecule has 2 aliphatic rings. The molecule has 1 saturated carbocycles. The van der Waals surface area contributed by atoms with Crippen LogP contribution in [0.2, 0.25) is 0 Å². The number of carbonyl (C=O) groups is 2. The Hall–Kier alpha value is -0.900. The highest BCUT2D eigenvalue weighted by atomic mass is 16.2. The highest BCUT2D eigenvalue weighted by Gasteiger charge is 2.43. The van der Waals surface area contributed by atoms with Crippen LogP contribution < -0.4 is 5.32 Å². The van der Waals surface area contributed by atoms with Crippen molar-refractivity contribution < 1.29 is 9.59 Å². The molecule has 2 rings (SSSR count). The van der Waals surface area contributed by atoms with Crippen molar-refractivity contribution in [1.29, 1.82) is 0 Å². The number of nitrogens with zero attached hydrogens (tertiary/aromatic N) is 1. The number of imide groups is 1. The Morgan fingerprint density at radius 1 is 1.47 bits per heavy atom. The molecule has 1 aliphatic heterocycles. The first-order chi connectivity index (χ1) is 7.13. The Kier molecular flexibility index (Phi) is 2.78. The van der Waals surface area contributed by atoms with Gasteiger partial charge in [-0.15, -0.1) is 0 Å². The summed E-state index contributed by atoms with van der Waals surface area (Å²) in [5.41, 5.74) is 0. The SMILES string of the molecule is CCCC1CC1NC1CC(=O)N(C)C1=O. The molecule has 0 aromatic heterocycles. The summed E-state index contributed by atoms with van der Waals surface area (Å²) in [5.74, 6) is 0.594. The van der Waals surface area contributed by atoms with Crippen molar-refractivity contribution in [1.82, 2.24) is 10.2 Å². The third-order valence-electron chi connectivity index (χ3n) is 3.38. The zero-order chi connectivity index (χ0) is 11.0. The third kappa shape index (κ3) is 2.04. The standard InChI is InChI=1S/C11H18N2O2/c1-3-4-7-5-8(7)12-9-6-10(14)13(2)11(9)15/h7-9,12H,3-6H2,1-2H3. The molecular formula is C11H18N2O2. The molecule has 2 amide bonds. The predicted octanol–water partition coefficient (Wildman–Crippen LogP) is 0.522. The molecule has 1 aliphatic carbocycles. The lowest BCUT2D eigenvalue weighted by Crippen LogP contribution is -2.38. The van der Waals surface area contributed by atoms with Crippen molar-refractivity contribution in [3.8, 4) is 0 Å². The van der Waals surface area contributed by atoms with Crippen LogP contribution in [0.25, 0.3) is 0 Å². The summed E-state index contributed by atoms with van der Waals surface area (Å²) in [6, 6.07) is 0.215. The molecule has 3 unspecified atom stereocenters. The van der Waals surface area contributed by atoms with Gasteiger partial charge >= 0.3 is 0 Å². The van der Waals surface area contributed by atoms with Crippen molar-refractivity contribution in [2.45, 2.75) is 44.7 Å². The minimum atomic E-state index is -0.255. The van der Waals surface area contributed by atoms with Crippen LogP contribution in [0.4, 0.5) is 0 Å². The van der Waals surface area contributed by atoms with Gasteiger partial charge in [-0.1, -0.05) is 13.3 Å². The maximum Gasteiger partial charge on any atom is 0.246 e. The van der Waals surface area contributed by atoms with Gasteiger partial charge in [-0.3, -0.25) is 14.5 Å². The van der Waals surface area contributed by atoms with Gasteiger partial charge in [0.15, 0.2) is 0 Å². The molecule has 84 valence electrons. The average Bonchev–Trinajstić information content (AvgIpc) is 2.88. The van der Waals surface area contributed by atoms with Crippen LogP contribution in [0.15, 0.2) is 0 Å². The molecule has 0 radical (unpaired) electrons. The van der Waals surface area contributed by atoms with E-state index in [1.807, 2.05) is 0 Å². The largest absolute Gasteiger partial charge is 0.302 e. The molecule has 0 spiro atoms. The Labute approximate surface area is 90.0 Å². The fourth-order valence-corrected chi connectivity index (χ4v) is 2.29. The number of likely N-dealkylation sites (N-methyl/N-ethyl adjacent to an activating group) is 1. The van der Waals surface area contributed by atoms with Gasteiger partial charge in [0, 0.05) is 13.1 Å². The summed E-state index contributed by atoms with van der Waals surface area (Å²) >= 11 is 0. The van der Waals surface area contributed by atoms with E-state index in [2.05, 4.69) is 12.2 Å². The monoisotopic (exact) mass is 210 g/mol. The quantitative estimate of drug-likeness (QED) is 0.688. The Bertz CT molecular complexity index is 290. The van der Waals surface area contributed by atoms with Crippen LogP contribution >= 0.6 is 0 Å². The Balaban J connectivity index is 1.82. The summed E-state index contributed by atoms with van der Waals surface area (Å²) in [5, 5.41) is 3.29. The van der Waals surface area contributed by atoms with Gasteiger partial charge < -0.3 is 5.32 Å². The summed E-state index contributed by atoms with van der Waals surface area (Å²) in [6.07, 6.45) is 3.92. The van der Waals surface area contributed by atoms with Crippen molar-refractivity contribution in [2.75, 3.05) is 7.05 Å². The number of amides is 2. The van der Waals surface area contributed by atoms with E-state index < -0.39 is 0 Å². The second-order valence-electron chi connectivity index (χ2n) is 4.61. The summed E-state index contributed by atoms with van der Waals surface area (Å²) < 4.78 is 0. The first-order valence-corrected chi connectivity index (χ1v) is 5.70. The molecule has 1 N–H and O–H groups in total. The Morgan fingerprint density at radius 3 is 2.73 bits per heavy atom. The molecular weight excluding hydrogens is 192 g/mol. The van der Waals surface area contributed by atoms with Crippen LogP contribution in [0.5, 0.6) is 0 Å². The van der Waals surface area contributed by atoms with Gasteiger partial charge in [0.1, 0.15) is 0 Å². The summed E-state index contributed by atoms with van der Waals surface area (Å²) in [6.45, 7) is 2.17. The van der Waals surface area contributed by atoms with Gasteiger partial charge in [0.2, 0.25) is 11.8 Å². The number of rotatable bonds is 4. The van der Waals surface area contributed by atoms with E-state index in [0.717, 1.165) is 12.3 Å². The molecule has 4 heteroatoms. The molecule has 1 heterocycles. The smallest absolute Gasteiger partial charge is 0.246 e. The predicted molar refractivity (Wildman–Crippen MR) is 56.1 cm³/mol. The number of likely N-dealkylation sites (tertiary alicyclic amines) is 1. The van der Waals surface area contributed by atoms with Crippen molar-refractivity contribution >= 4 is 11.8 Å². The molecule has 0 aromatic carbocycles. The van der Waals surface area contributed by atoms with Crippen LogP contribution in [0.1, 0.15) is 32.6 Å². The van der Waals surface area contributed by atoms with E-state index in [9.17, 15) is 9.59 Å². The van der Waals surface area contributed by atoms with E-state index in [1.165, 1.54) is 17.7 Å². The highest BCUT2D eigenvalue weighted by molar-refractivity contribution is 6.05. The van der Waals surface area contributed by atoms with Crippen LogP contribution in [-0.2, 0) is 9.59 Å². The van der Waals surface area contributed by atoms with Crippen LogP contribution in [0, 0.1) is 5.92 Å². The first kappa shape index (κ1) is 10.6. The summed E-state index contributed by atoms with van der Waals surface area (Å²) in [4.78, 5) is 24.1. The lowest BCUT2D eigenvalue weighted by Gasteiger charge is -2.10. The normalized spacial score (nSPS) is 35.1. The molecule has 2 fully saturated rings. The zero-order valence-electron chi connectivity index (χ0n) is 9.32. The third-order valence-corrected chi connectivity index (χ3v) is 3.38. The van der Waals surface area contributed by atoms with E-state index in [0.29, 0.717) is 12.5 Å². The van der Waals surface area contributed by atoms with E-state index in [1.54, 1.807) is 7.05 Å². The highest BCUT2D eigenvalue weighted by Crippen LogP contribution is 2.35. The number of hydrogen-bond donors (Lipinski definition) is 1. The van der Waals surface area contributed by atoms with Crippen molar-refractivity contribution in [2.24, 2.45) is 5.92 Å². The second kappa shape index (κ2) is 3.93.